The third-order valence-corrected chi connectivity index (χ3v) is 4.78. The molecule has 20 heavy (non-hydrogen) atoms. The van der Waals surface area contributed by atoms with E-state index < -0.39 is 0 Å². The number of hydrogen-bond donors (Lipinski definition) is 0. The molecule has 0 saturated carbocycles. The molecule has 2 aliphatic rings. The SMILES string of the molecule is O=C(CCc1ccsc1)N1CCCC(C2OCCO2)C1. The number of carbonyl (C=O) groups is 1. The zero-order valence-electron chi connectivity index (χ0n) is 11.6. The van der Waals surface area contributed by atoms with E-state index in [0.29, 0.717) is 25.6 Å². The van der Waals surface area contributed by atoms with Crippen molar-refractivity contribution in [1.82, 2.24) is 4.90 Å². The summed E-state index contributed by atoms with van der Waals surface area (Å²) in [6.45, 7) is 3.04. The lowest BCUT2D eigenvalue weighted by atomic mass is 9.97. The summed E-state index contributed by atoms with van der Waals surface area (Å²) in [7, 11) is 0. The minimum Gasteiger partial charge on any atom is -0.350 e. The van der Waals surface area contributed by atoms with E-state index in [0.717, 1.165) is 32.4 Å². The molecule has 3 heterocycles. The molecule has 1 aromatic heterocycles. The first kappa shape index (κ1) is 14.0. The van der Waals surface area contributed by atoms with Crippen LogP contribution in [0.3, 0.4) is 0 Å². The van der Waals surface area contributed by atoms with Gasteiger partial charge in [-0.2, -0.15) is 11.3 Å². The van der Waals surface area contributed by atoms with E-state index in [1.807, 2.05) is 4.90 Å². The highest BCUT2D eigenvalue weighted by Gasteiger charge is 2.32. The van der Waals surface area contributed by atoms with Gasteiger partial charge < -0.3 is 14.4 Å². The lowest BCUT2D eigenvalue weighted by Crippen LogP contribution is -2.43. The summed E-state index contributed by atoms with van der Waals surface area (Å²) in [5.41, 5.74) is 1.26. The number of thiophene rings is 1. The fourth-order valence-electron chi connectivity index (χ4n) is 2.95. The summed E-state index contributed by atoms with van der Waals surface area (Å²) in [6, 6.07) is 2.09. The van der Waals surface area contributed by atoms with Gasteiger partial charge in [0.1, 0.15) is 0 Å². The number of nitrogens with zero attached hydrogens (tertiary/aromatic N) is 1. The number of ether oxygens (including phenoxy) is 2. The third kappa shape index (κ3) is 3.40. The van der Waals surface area contributed by atoms with Crippen LogP contribution in [0.15, 0.2) is 16.8 Å². The van der Waals surface area contributed by atoms with Crippen molar-refractivity contribution in [2.75, 3.05) is 26.3 Å². The Kier molecular flexibility index (Phi) is 4.70. The Morgan fingerprint density at radius 2 is 2.25 bits per heavy atom. The molecular formula is C15H21NO3S. The van der Waals surface area contributed by atoms with Crippen molar-refractivity contribution in [3.63, 3.8) is 0 Å². The Hall–Kier alpha value is -0.910. The van der Waals surface area contributed by atoms with E-state index in [1.165, 1.54) is 5.56 Å². The predicted octanol–water partition coefficient (Wildman–Crippen LogP) is 2.29. The van der Waals surface area contributed by atoms with Crippen LogP contribution < -0.4 is 0 Å². The molecule has 0 aromatic carbocycles. The summed E-state index contributed by atoms with van der Waals surface area (Å²) < 4.78 is 11.2. The smallest absolute Gasteiger partial charge is 0.222 e. The van der Waals surface area contributed by atoms with Gasteiger partial charge in [-0.1, -0.05) is 0 Å². The molecule has 1 atom stereocenters. The van der Waals surface area contributed by atoms with Crippen LogP contribution in [-0.4, -0.2) is 43.4 Å². The molecule has 2 saturated heterocycles. The minimum absolute atomic E-state index is 0.0949. The fourth-order valence-corrected chi connectivity index (χ4v) is 3.65. The molecule has 3 rings (SSSR count). The highest BCUT2D eigenvalue weighted by atomic mass is 32.1. The maximum Gasteiger partial charge on any atom is 0.222 e. The van der Waals surface area contributed by atoms with Crippen LogP contribution in [0, 0.1) is 5.92 Å². The average molecular weight is 295 g/mol. The first-order chi connectivity index (χ1) is 9.83. The number of piperidine rings is 1. The van der Waals surface area contributed by atoms with Crippen molar-refractivity contribution in [2.45, 2.75) is 32.0 Å². The van der Waals surface area contributed by atoms with Crippen LogP contribution in [0.4, 0.5) is 0 Å². The molecule has 2 fully saturated rings. The molecule has 2 aliphatic heterocycles. The Morgan fingerprint density at radius 1 is 1.40 bits per heavy atom. The van der Waals surface area contributed by atoms with Crippen molar-refractivity contribution in [2.24, 2.45) is 5.92 Å². The standard InChI is InChI=1S/C15H21NO3S/c17-14(4-3-12-5-9-20-11-12)16-6-1-2-13(10-16)15-18-7-8-19-15/h5,9,11,13,15H,1-4,6-8,10H2. The molecule has 1 unspecified atom stereocenters. The molecule has 5 heteroatoms. The van der Waals surface area contributed by atoms with Crippen LogP contribution in [0.5, 0.6) is 0 Å². The van der Waals surface area contributed by atoms with Crippen LogP contribution in [0.1, 0.15) is 24.8 Å². The van der Waals surface area contributed by atoms with Crippen molar-refractivity contribution < 1.29 is 14.3 Å². The number of hydrogen-bond acceptors (Lipinski definition) is 4. The second-order valence-electron chi connectivity index (χ2n) is 5.48. The van der Waals surface area contributed by atoms with Crippen molar-refractivity contribution in [1.29, 1.82) is 0 Å². The zero-order chi connectivity index (χ0) is 13.8. The molecule has 1 amide bonds. The van der Waals surface area contributed by atoms with Gasteiger partial charge in [-0.25, -0.2) is 0 Å². The second-order valence-corrected chi connectivity index (χ2v) is 6.26. The number of carbonyl (C=O) groups excluding carboxylic acids is 1. The Bertz CT molecular complexity index is 428. The van der Waals surface area contributed by atoms with Gasteiger partial charge in [-0.15, -0.1) is 0 Å². The average Bonchev–Trinajstić information content (AvgIpc) is 3.18. The number of rotatable bonds is 4. The molecule has 110 valence electrons. The lowest BCUT2D eigenvalue weighted by molar-refractivity contribution is -0.139. The molecule has 4 nitrogen and oxygen atoms in total. The molecule has 0 bridgehead atoms. The van der Waals surface area contributed by atoms with Crippen molar-refractivity contribution in [3.8, 4) is 0 Å². The summed E-state index contributed by atoms with van der Waals surface area (Å²) in [5, 5.41) is 4.18. The van der Waals surface area contributed by atoms with E-state index in [9.17, 15) is 4.79 Å². The van der Waals surface area contributed by atoms with E-state index in [4.69, 9.17) is 9.47 Å². The maximum absolute atomic E-state index is 12.3. The molecule has 0 radical (unpaired) electrons. The number of likely N-dealkylation sites (tertiary alicyclic amines) is 1. The molecule has 0 aliphatic carbocycles. The molecule has 0 N–H and O–H groups in total. The molecule has 0 spiro atoms. The molecule has 1 aromatic rings. The highest BCUT2D eigenvalue weighted by molar-refractivity contribution is 7.07. The summed E-state index contributed by atoms with van der Waals surface area (Å²) >= 11 is 1.69. The topological polar surface area (TPSA) is 38.8 Å². The first-order valence-corrected chi connectivity index (χ1v) is 8.29. The Labute approximate surface area is 123 Å². The molecular weight excluding hydrogens is 274 g/mol. The van der Waals surface area contributed by atoms with E-state index in [2.05, 4.69) is 16.8 Å². The zero-order valence-corrected chi connectivity index (χ0v) is 12.4. The lowest BCUT2D eigenvalue weighted by Gasteiger charge is -2.34. The van der Waals surface area contributed by atoms with Gasteiger partial charge in [0.15, 0.2) is 6.29 Å². The van der Waals surface area contributed by atoms with Crippen LogP contribution in [0.2, 0.25) is 0 Å². The van der Waals surface area contributed by atoms with Crippen molar-refractivity contribution >= 4 is 17.2 Å². The summed E-state index contributed by atoms with van der Waals surface area (Å²) in [4.78, 5) is 14.3. The highest BCUT2D eigenvalue weighted by Crippen LogP contribution is 2.25. The van der Waals surface area contributed by atoms with Gasteiger partial charge >= 0.3 is 0 Å². The number of aryl methyl sites for hydroxylation is 1. The number of amides is 1. The van der Waals surface area contributed by atoms with Crippen LogP contribution in [-0.2, 0) is 20.7 Å². The van der Waals surface area contributed by atoms with Gasteiger partial charge in [-0.3, -0.25) is 4.79 Å². The monoisotopic (exact) mass is 295 g/mol. The van der Waals surface area contributed by atoms with Gasteiger partial charge in [0.2, 0.25) is 5.91 Å². The van der Waals surface area contributed by atoms with E-state index in [1.54, 1.807) is 11.3 Å². The van der Waals surface area contributed by atoms with Crippen molar-refractivity contribution in [3.05, 3.63) is 22.4 Å². The van der Waals surface area contributed by atoms with E-state index in [-0.39, 0.29) is 12.2 Å². The third-order valence-electron chi connectivity index (χ3n) is 4.05. The predicted molar refractivity (Wildman–Crippen MR) is 77.6 cm³/mol. The summed E-state index contributed by atoms with van der Waals surface area (Å²) in [5.74, 6) is 0.607. The van der Waals surface area contributed by atoms with Gasteiger partial charge in [-0.05, 0) is 41.7 Å². The fraction of sp³-hybridized carbons (Fsp3) is 0.667. The van der Waals surface area contributed by atoms with Crippen LogP contribution in [0.25, 0.3) is 0 Å². The first-order valence-electron chi connectivity index (χ1n) is 7.35. The Balaban J connectivity index is 1.49. The normalized spacial score (nSPS) is 24.2. The largest absolute Gasteiger partial charge is 0.350 e. The van der Waals surface area contributed by atoms with E-state index >= 15 is 0 Å². The van der Waals surface area contributed by atoms with Gasteiger partial charge in [0, 0.05) is 25.4 Å². The Morgan fingerprint density at radius 3 is 3.00 bits per heavy atom. The van der Waals surface area contributed by atoms with Crippen LogP contribution >= 0.6 is 11.3 Å². The van der Waals surface area contributed by atoms with Gasteiger partial charge in [0.05, 0.1) is 13.2 Å². The second kappa shape index (κ2) is 6.70. The van der Waals surface area contributed by atoms with Gasteiger partial charge in [0.25, 0.3) is 0 Å². The minimum atomic E-state index is -0.0949. The quantitative estimate of drug-likeness (QED) is 0.855. The maximum atomic E-state index is 12.3. The summed E-state index contributed by atoms with van der Waals surface area (Å²) in [6.07, 6.45) is 3.51.